The van der Waals surface area contributed by atoms with Crippen LogP contribution in [0.2, 0.25) is 0 Å². The molecule has 0 saturated heterocycles. The Balaban J connectivity index is 0. The lowest BCUT2D eigenvalue weighted by atomic mass is 10.1. The fraction of sp³-hybridized carbons (Fsp3) is 1.00. The number of hydrogen-bond donors (Lipinski definition) is 1. The normalized spacial score (nSPS) is 11.9. The molecule has 0 aliphatic carbocycles. The first-order valence-corrected chi connectivity index (χ1v) is 8.77. The number of aliphatic hydroxyl groups is 1. The second kappa shape index (κ2) is 11.6. The van der Waals surface area contributed by atoms with Crippen molar-refractivity contribution in [2.24, 2.45) is 0 Å². The van der Waals surface area contributed by atoms with Gasteiger partial charge in [-0.3, -0.25) is 0 Å². The molecular formula is C13H31NO4S. The summed E-state index contributed by atoms with van der Waals surface area (Å²) in [5.74, 6) is 0. The minimum atomic E-state index is -3.92. The predicted molar refractivity (Wildman–Crippen MR) is 77.9 cm³/mol. The molecule has 0 spiro atoms. The maximum Gasteiger partial charge on any atom is 0.102 e. The van der Waals surface area contributed by atoms with Crippen molar-refractivity contribution in [3.63, 3.8) is 0 Å². The summed E-state index contributed by atoms with van der Waals surface area (Å²) in [4.78, 5) is 0. The molecule has 0 aliphatic rings. The van der Waals surface area contributed by atoms with E-state index >= 15 is 0 Å². The van der Waals surface area contributed by atoms with Crippen LogP contribution < -0.4 is 0 Å². The minimum Gasteiger partial charge on any atom is -0.748 e. The molecule has 0 fully saturated rings. The third-order valence-corrected chi connectivity index (χ3v) is 2.82. The van der Waals surface area contributed by atoms with E-state index in [1.54, 1.807) is 0 Å². The van der Waals surface area contributed by atoms with E-state index in [1.807, 2.05) is 0 Å². The van der Waals surface area contributed by atoms with Crippen molar-refractivity contribution in [2.45, 2.75) is 45.4 Å². The molecule has 0 saturated carbocycles. The Morgan fingerprint density at radius 2 is 1.42 bits per heavy atom. The van der Waals surface area contributed by atoms with Gasteiger partial charge in [-0.05, 0) is 12.8 Å². The summed E-state index contributed by atoms with van der Waals surface area (Å²) in [6.45, 7) is 4.64. The van der Waals surface area contributed by atoms with Crippen LogP contribution in [-0.4, -0.2) is 62.6 Å². The molecule has 0 amide bonds. The van der Waals surface area contributed by atoms with Gasteiger partial charge in [0.15, 0.2) is 0 Å². The van der Waals surface area contributed by atoms with Gasteiger partial charge in [-0.25, -0.2) is 8.42 Å². The van der Waals surface area contributed by atoms with Crippen LogP contribution >= 0.6 is 0 Å². The molecular weight excluding hydrogens is 266 g/mol. The van der Waals surface area contributed by atoms with E-state index in [4.69, 9.17) is 18.1 Å². The Morgan fingerprint density at radius 3 is 1.84 bits per heavy atom. The highest BCUT2D eigenvalue weighted by atomic mass is 32.2. The Labute approximate surface area is 119 Å². The second-order valence-corrected chi connectivity index (χ2v) is 6.99. The summed E-state index contributed by atoms with van der Waals surface area (Å²) in [5.41, 5.74) is 0. The largest absolute Gasteiger partial charge is 0.748 e. The minimum absolute atomic E-state index is 0.308. The van der Waals surface area contributed by atoms with Crippen LogP contribution in [0.25, 0.3) is 0 Å². The topological polar surface area (TPSA) is 77.4 Å². The van der Waals surface area contributed by atoms with Crippen LogP contribution in [0.15, 0.2) is 0 Å². The van der Waals surface area contributed by atoms with Gasteiger partial charge in [0, 0.05) is 6.26 Å². The van der Waals surface area contributed by atoms with E-state index in [1.165, 1.54) is 45.1 Å². The molecule has 0 aliphatic heterocycles. The number of rotatable bonds is 9. The first-order chi connectivity index (χ1) is 8.62. The van der Waals surface area contributed by atoms with Crippen molar-refractivity contribution >= 4 is 10.1 Å². The van der Waals surface area contributed by atoms with Gasteiger partial charge in [-0.2, -0.15) is 0 Å². The SMILES string of the molecule is CCCCCCCC[N+](C)(C)CCO.CS(=O)(=O)[O-]. The third kappa shape index (κ3) is 27.1. The van der Waals surface area contributed by atoms with Crippen molar-refractivity contribution in [3.8, 4) is 0 Å². The van der Waals surface area contributed by atoms with Gasteiger partial charge in [-0.15, -0.1) is 0 Å². The van der Waals surface area contributed by atoms with Crippen molar-refractivity contribution in [3.05, 3.63) is 0 Å². The smallest absolute Gasteiger partial charge is 0.102 e. The maximum atomic E-state index is 9.08. The zero-order chi connectivity index (χ0) is 15.4. The monoisotopic (exact) mass is 297 g/mol. The fourth-order valence-electron chi connectivity index (χ4n) is 1.70. The molecule has 0 radical (unpaired) electrons. The number of hydrogen-bond acceptors (Lipinski definition) is 4. The summed E-state index contributed by atoms with van der Waals surface area (Å²) in [7, 11) is 0.477. The molecule has 0 bridgehead atoms. The van der Waals surface area contributed by atoms with Gasteiger partial charge in [0.25, 0.3) is 0 Å². The van der Waals surface area contributed by atoms with Crippen LogP contribution in [0.3, 0.4) is 0 Å². The van der Waals surface area contributed by atoms with Gasteiger partial charge in [0.05, 0.1) is 37.4 Å². The van der Waals surface area contributed by atoms with E-state index in [9.17, 15) is 0 Å². The van der Waals surface area contributed by atoms with Crippen molar-refractivity contribution < 1.29 is 22.6 Å². The molecule has 0 aromatic heterocycles. The average Bonchev–Trinajstić information content (AvgIpc) is 2.20. The summed E-state index contributed by atoms with van der Waals surface area (Å²) in [6, 6.07) is 0. The van der Waals surface area contributed by atoms with Crippen molar-refractivity contribution in [1.29, 1.82) is 0 Å². The molecule has 0 aromatic carbocycles. The highest BCUT2D eigenvalue weighted by Crippen LogP contribution is 2.07. The Hall–Kier alpha value is -0.170. The number of aliphatic hydroxyl groups excluding tert-OH is 1. The Kier molecular flexibility index (Phi) is 12.9. The first kappa shape index (κ1) is 21.1. The number of quaternary nitrogens is 1. The van der Waals surface area contributed by atoms with Gasteiger partial charge in [0.2, 0.25) is 0 Å². The lowest BCUT2D eigenvalue weighted by Crippen LogP contribution is -2.42. The van der Waals surface area contributed by atoms with Crippen LogP contribution in [0, 0.1) is 0 Å². The quantitative estimate of drug-likeness (QED) is 0.398. The van der Waals surface area contributed by atoms with Crippen LogP contribution in [0.4, 0.5) is 0 Å². The summed E-state index contributed by atoms with van der Waals surface area (Å²) in [6.07, 6.45) is 8.74. The van der Waals surface area contributed by atoms with E-state index in [-0.39, 0.29) is 0 Å². The Morgan fingerprint density at radius 1 is 1.00 bits per heavy atom. The molecule has 6 heteroatoms. The highest BCUT2D eigenvalue weighted by molar-refractivity contribution is 7.84. The summed E-state index contributed by atoms with van der Waals surface area (Å²) in [5, 5.41) is 8.86. The first-order valence-electron chi connectivity index (χ1n) is 6.96. The van der Waals surface area contributed by atoms with Crippen molar-refractivity contribution in [2.75, 3.05) is 40.0 Å². The zero-order valence-corrected chi connectivity index (χ0v) is 13.7. The lowest BCUT2D eigenvalue weighted by Gasteiger charge is -2.28. The molecule has 0 unspecified atom stereocenters. The average molecular weight is 297 g/mol. The molecule has 0 heterocycles. The van der Waals surface area contributed by atoms with E-state index in [0.29, 0.717) is 12.9 Å². The predicted octanol–water partition coefficient (Wildman–Crippen LogP) is 1.58. The highest BCUT2D eigenvalue weighted by Gasteiger charge is 2.12. The number of likely N-dealkylation sites (N-methyl/N-ethyl adjacent to an activating group) is 1. The van der Waals surface area contributed by atoms with Gasteiger partial charge in [0.1, 0.15) is 6.54 Å². The molecule has 118 valence electrons. The zero-order valence-electron chi connectivity index (χ0n) is 12.9. The lowest BCUT2D eigenvalue weighted by molar-refractivity contribution is -0.890. The number of unbranched alkanes of at least 4 members (excludes halogenated alkanes) is 5. The molecule has 19 heavy (non-hydrogen) atoms. The van der Waals surface area contributed by atoms with Crippen LogP contribution in [-0.2, 0) is 10.1 Å². The molecule has 0 aromatic rings. The molecule has 1 N–H and O–H groups in total. The molecule has 0 rings (SSSR count). The summed E-state index contributed by atoms with van der Waals surface area (Å²) >= 11 is 0. The second-order valence-electron chi connectivity index (χ2n) is 5.58. The third-order valence-electron chi connectivity index (χ3n) is 2.82. The Bertz CT molecular complexity index is 281. The van der Waals surface area contributed by atoms with E-state index in [2.05, 4.69) is 21.0 Å². The van der Waals surface area contributed by atoms with E-state index < -0.39 is 10.1 Å². The standard InChI is InChI=1S/C12H28NO.CH4O3S/c1-4-5-6-7-8-9-10-13(2,3)11-12-14;1-5(2,3)4/h14H,4-12H2,1-3H3;1H3,(H,2,3,4)/q+1;/p-1. The van der Waals surface area contributed by atoms with Crippen LogP contribution in [0.1, 0.15) is 45.4 Å². The fourth-order valence-corrected chi connectivity index (χ4v) is 1.70. The van der Waals surface area contributed by atoms with Crippen molar-refractivity contribution in [1.82, 2.24) is 0 Å². The van der Waals surface area contributed by atoms with Crippen LogP contribution in [0.5, 0.6) is 0 Å². The van der Waals surface area contributed by atoms with E-state index in [0.717, 1.165) is 11.0 Å². The number of nitrogens with zero attached hydrogens (tertiary/aromatic N) is 1. The van der Waals surface area contributed by atoms with Gasteiger partial charge in [-0.1, -0.05) is 32.6 Å². The maximum absolute atomic E-state index is 9.08. The summed E-state index contributed by atoms with van der Waals surface area (Å²) < 4.78 is 28.2. The van der Waals surface area contributed by atoms with Gasteiger partial charge >= 0.3 is 0 Å². The molecule has 5 nitrogen and oxygen atoms in total. The molecule has 0 atom stereocenters. The van der Waals surface area contributed by atoms with Gasteiger partial charge < -0.3 is 14.1 Å².